The Labute approximate surface area is 86.1 Å². The van der Waals surface area contributed by atoms with Crippen molar-refractivity contribution in [1.82, 2.24) is 20.1 Å². The number of nitrogens with zero attached hydrogens (tertiary/aromatic N) is 3. The van der Waals surface area contributed by atoms with Gasteiger partial charge in [0.15, 0.2) is 0 Å². The monoisotopic (exact) mass is 212 g/mol. The van der Waals surface area contributed by atoms with E-state index in [1.165, 1.54) is 13.3 Å². The molecular formula is C8H12N4O3. The van der Waals surface area contributed by atoms with Crippen LogP contribution in [0.4, 0.5) is 0 Å². The van der Waals surface area contributed by atoms with Gasteiger partial charge in [-0.2, -0.15) is 0 Å². The molecule has 1 atom stereocenters. The largest absolute Gasteiger partial charge is 0.480 e. The first-order chi connectivity index (χ1) is 7.00. The number of carbonyl (C=O) groups is 2. The topological polar surface area (TPSA) is 97.1 Å². The van der Waals surface area contributed by atoms with Gasteiger partial charge in [-0.15, -0.1) is 10.2 Å². The first-order valence-corrected chi connectivity index (χ1v) is 4.33. The summed E-state index contributed by atoms with van der Waals surface area (Å²) >= 11 is 0. The van der Waals surface area contributed by atoms with E-state index in [4.69, 9.17) is 5.11 Å². The third-order valence-electron chi connectivity index (χ3n) is 1.87. The molecule has 7 heteroatoms. The van der Waals surface area contributed by atoms with Gasteiger partial charge in [-0.05, 0) is 0 Å². The van der Waals surface area contributed by atoms with Crippen LogP contribution in [0, 0.1) is 0 Å². The molecule has 0 aromatic carbocycles. The van der Waals surface area contributed by atoms with Crippen molar-refractivity contribution in [1.29, 1.82) is 0 Å². The van der Waals surface area contributed by atoms with Gasteiger partial charge in [0.2, 0.25) is 5.91 Å². The lowest BCUT2D eigenvalue weighted by atomic mass is 10.2. The van der Waals surface area contributed by atoms with Gasteiger partial charge >= 0.3 is 5.97 Å². The maximum atomic E-state index is 10.8. The van der Waals surface area contributed by atoms with Gasteiger partial charge in [0, 0.05) is 20.4 Å². The number of carboxylic acids is 1. The number of hydrogen-bond acceptors (Lipinski definition) is 4. The van der Waals surface area contributed by atoms with E-state index in [-0.39, 0.29) is 12.3 Å². The summed E-state index contributed by atoms with van der Waals surface area (Å²) in [5.74, 6) is -0.964. The number of rotatable bonds is 4. The van der Waals surface area contributed by atoms with Crippen LogP contribution in [0.1, 0.15) is 12.7 Å². The lowest BCUT2D eigenvalue weighted by Gasteiger charge is -2.11. The van der Waals surface area contributed by atoms with Crippen molar-refractivity contribution < 1.29 is 14.7 Å². The minimum absolute atomic E-state index is 0.116. The summed E-state index contributed by atoms with van der Waals surface area (Å²) in [6.45, 7) is 1.27. The van der Waals surface area contributed by atoms with Crippen LogP contribution in [0.5, 0.6) is 0 Å². The molecule has 1 aromatic heterocycles. The highest BCUT2D eigenvalue weighted by Crippen LogP contribution is 1.98. The number of nitrogens with one attached hydrogen (secondary N) is 1. The molecular weight excluding hydrogens is 200 g/mol. The number of hydrogen-bond donors (Lipinski definition) is 2. The standard InChI is InChI=1S/C8H12N4O3/c1-5(13)10-6(8(14)15)3-7-11-9-4-12(7)2/h4,6H,3H2,1-2H3,(H,10,13)(H,14,15). The summed E-state index contributed by atoms with van der Waals surface area (Å²) in [6, 6.07) is -0.967. The van der Waals surface area contributed by atoms with Crippen molar-refractivity contribution in [3.05, 3.63) is 12.2 Å². The fraction of sp³-hybridized carbons (Fsp3) is 0.500. The first-order valence-electron chi connectivity index (χ1n) is 4.33. The quantitative estimate of drug-likeness (QED) is 0.663. The molecule has 2 N–H and O–H groups in total. The van der Waals surface area contributed by atoms with Gasteiger partial charge < -0.3 is 15.0 Å². The normalized spacial score (nSPS) is 12.1. The smallest absolute Gasteiger partial charge is 0.326 e. The number of aromatic nitrogens is 3. The fourth-order valence-electron chi connectivity index (χ4n) is 1.12. The molecule has 0 aliphatic heterocycles. The average Bonchev–Trinajstić information content (AvgIpc) is 2.50. The molecule has 0 saturated carbocycles. The van der Waals surface area contributed by atoms with Crippen LogP contribution in [-0.4, -0.2) is 37.8 Å². The van der Waals surface area contributed by atoms with Gasteiger partial charge in [0.25, 0.3) is 0 Å². The van der Waals surface area contributed by atoms with Crippen LogP contribution >= 0.6 is 0 Å². The molecule has 0 fully saturated rings. The van der Waals surface area contributed by atoms with Crippen molar-refractivity contribution in [3.63, 3.8) is 0 Å². The van der Waals surface area contributed by atoms with E-state index < -0.39 is 12.0 Å². The third kappa shape index (κ3) is 3.04. The van der Waals surface area contributed by atoms with E-state index in [2.05, 4.69) is 15.5 Å². The predicted octanol–water partition coefficient (Wildman–Crippen LogP) is -1.05. The molecule has 1 aromatic rings. The zero-order valence-electron chi connectivity index (χ0n) is 8.47. The van der Waals surface area contributed by atoms with Crippen LogP contribution in [0.25, 0.3) is 0 Å². The van der Waals surface area contributed by atoms with Gasteiger partial charge in [-0.25, -0.2) is 4.79 Å². The lowest BCUT2D eigenvalue weighted by Crippen LogP contribution is -2.41. The van der Waals surface area contributed by atoms with Crippen LogP contribution in [0.2, 0.25) is 0 Å². The van der Waals surface area contributed by atoms with Gasteiger partial charge in [0.05, 0.1) is 0 Å². The number of carboxylic acid groups (broad SMARTS) is 1. The maximum absolute atomic E-state index is 10.8. The number of carbonyl (C=O) groups excluding carboxylic acids is 1. The van der Waals surface area contributed by atoms with E-state index in [9.17, 15) is 9.59 Å². The molecule has 15 heavy (non-hydrogen) atoms. The summed E-state index contributed by atoms with van der Waals surface area (Å²) in [7, 11) is 1.71. The Kier molecular flexibility index (Phi) is 3.37. The molecule has 0 aliphatic rings. The van der Waals surface area contributed by atoms with E-state index >= 15 is 0 Å². The molecule has 0 radical (unpaired) electrons. The second kappa shape index (κ2) is 4.54. The number of aliphatic carboxylic acids is 1. The molecule has 0 spiro atoms. The van der Waals surface area contributed by atoms with Gasteiger partial charge in [-0.3, -0.25) is 4.79 Å². The summed E-state index contributed by atoms with van der Waals surface area (Å²) in [5.41, 5.74) is 0. The summed E-state index contributed by atoms with van der Waals surface area (Å²) in [5, 5.41) is 18.5. The minimum Gasteiger partial charge on any atom is -0.480 e. The molecule has 1 amide bonds. The second-order valence-corrected chi connectivity index (χ2v) is 3.15. The zero-order valence-corrected chi connectivity index (χ0v) is 8.47. The summed E-state index contributed by atoms with van der Waals surface area (Å²) in [4.78, 5) is 21.6. The van der Waals surface area contributed by atoms with Crippen molar-refractivity contribution in [2.75, 3.05) is 0 Å². The van der Waals surface area contributed by atoms with Crippen LogP contribution in [0.3, 0.4) is 0 Å². The first kappa shape index (κ1) is 11.2. The Bertz CT molecular complexity index is 374. The lowest BCUT2D eigenvalue weighted by molar-refractivity contribution is -0.141. The highest BCUT2D eigenvalue weighted by atomic mass is 16.4. The van der Waals surface area contributed by atoms with E-state index in [0.29, 0.717) is 5.82 Å². The summed E-state index contributed by atoms with van der Waals surface area (Å²) in [6.07, 6.45) is 1.59. The fourth-order valence-corrected chi connectivity index (χ4v) is 1.12. The molecule has 1 heterocycles. The highest BCUT2D eigenvalue weighted by molar-refractivity contribution is 5.82. The predicted molar refractivity (Wildman–Crippen MR) is 49.9 cm³/mol. The molecule has 0 bridgehead atoms. The summed E-state index contributed by atoms with van der Waals surface area (Å²) < 4.78 is 1.61. The van der Waals surface area contributed by atoms with Crippen molar-refractivity contribution in [3.8, 4) is 0 Å². The molecule has 0 saturated heterocycles. The van der Waals surface area contributed by atoms with Crippen LogP contribution < -0.4 is 5.32 Å². The molecule has 1 unspecified atom stereocenters. The number of aryl methyl sites for hydroxylation is 1. The maximum Gasteiger partial charge on any atom is 0.326 e. The Morgan fingerprint density at radius 3 is 2.73 bits per heavy atom. The Morgan fingerprint density at radius 2 is 2.33 bits per heavy atom. The van der Waals surface area contributed by atoms with Crippen molar-refractivity contribution in [2.24, 2.45) is 7.05 Å². The molecule has 7 nitrogen and oxygen atoms in total. The minimum atomic E-state index is -1.09. The second-order valence-electron chi connectivity index (χ2n) is 3.15. The third-order valence-corrected chi connectivity index (χ3v) is 1.87. The Balaban J connectivity index is 2.71. The number of amides is 1. The molecule has 1 rings (SSSR count). The van der Waals surface area contributed by atoms with E-state index in [1.807, 2.05) is 0 Å². The van der Waals surface area contributed by atoms with Crippen LogP contribution in [0.15, 0.2) is 6.33 Å². The Hall–Kier alpha value is -1.92. The van der Waals surface area contributed by atoms with Crippen molar-refractivity contribution >= 4 is 11.9 Å². The van der Waals surface area contributed by atoms with E-state index in [1.54, 1.807) is 11.6 Å². The Morgan fingerprint density at radius 1 is 1.67 bits per heavy atom. The highest BCUT2D eigenvalue weighted by Gasteiger charge is 2.20. The zero-order chi connectivity index (χ0) is 11.4. The van der Waals surface area contributed by atoms with Gasteiger partial charge in [-0.1, -0.05) is 0 Å². The SMILES string of the molecule is CC(=O)NC(Cc1nncn1C)C(=O)O. The molecule has 0 aliphatic carbocycles. The van der Waals surface area contributed by atoms with Crippen molar-refractivity contribution in [2.45, 2.75) is 19.4 Å². The van der Waals surface area contributed by atoms with E-state index in [0.717, 1.165) is 0 Å². The van der Waals surface area contributed by atoms with Gasteiger partial charge in [0.1, 0.15) is 18.2 Å². The molecule has 82 valence electrons. The van der Waals surface area contributed by atoms with Crippen LogP contribution in [-0.2, 0) is 23.1 Å². The average molecular weight is 212 g/mol.